The van der Waals surface area contributed by atoms with Crippen molar-refractivity contribution in [2.45, 2.75) is 38.9 Å². The van der Waals surface area contributed by atoms with Crippen LogP contribution in [-0.4, -0.2) is 35.2 Å². The summed E-state index contributed by atoms with van der Waals surface area (Å²) in [4.78, 5) is 27.9. The SMILES string of the molecule is CC1CN(OC(=O)C(C)(C)C)CCC1C(Br)C=O. The largest absolute Gasteiger partial charge is 0.367 e. The normalized spacial score (nSPS) is 27.6. The van der Waals surface area contributed by atoms with Crippen LogP contribution in [0.1, 0.15) is 34.1 Å². The monoisotopic (exact) mass is 319 g/mol. The van der Waals surface area contributed by atoms with E-state index in [2.05, 4.69) is 22.9 Å². The predicted molar refractivity (Wildman–Crippen MR) is 73.2 cm³/mol. The number of hydrogen-bond acceptors (Lipinski definition) is 4. The molecule has 5 heteroatoms. The first kappa shape index (κ1) is 15.6. The van der Waals surface area contributed by atoms with Crippen molar-refractivity contribution >= 4 is 28.2 Å². The summed E-state index contributed by atoms with van der Waals surface area (Å²) in [5, 5.41) is 1.72. The first-order valence-electron chi connectivity index (χ1n) is 6.32. The molecule has 3 unspecified atom stereocenters. The molecule has 0 aliphatic carbocycles. The van der Waals surface area contributed by atoms with Crippen LogP contribution in [0.2, 0.25) is 0 Å². The zero-order valence-corrected chi connectivity index (χ0v) is 13.1. The van der Waals surface area contributed by atoms with Crippen LogP contribution in [0, 0.1) is 17.3 Å². The van der Waals surface area contributed by atoms with E-state index >= 15 is 0 Å². The van der Waals surface area contributed by atoms with Gasteiger partial charge in [-0.15, -0.1) is 5.06 Å². The molecule has 3 atom stereocenters. The van der Waals surface area contributed by atoms with Gasteiger partial charge in [-0.05, 0) is 39.0 Å². The van der Waals surface area contributed by atoms with E-state index in [0.29, 0.717) is 24.9 Å². The van der Waals surface area contributed by atoms with Crippen molar-refractivity contribution in [3.63, 3.8) is 0 Å². The Kier molecular flexibility index (Phi) is 5.34. The molecule has 18 heavy (non-hydrogen) atoms. The summed E-state index contributed by atoms with van der Waals surface area (Å²) in [5.74, 6) is 0.423. The predicted octanol–water partition coefficient (Wildman–Crippen LogP) is 2.41. The van der Waals surface area contributed by atoms with Crippen LogP contribution >= 0.6 is 15.9 Å². The van der Waals surface area contributed by atoms with E-state index in [-0.39, 0.29) is 10.8 Å². The molecule has 1 rings (SSSR count). The van der Waals surface area contributed by atoms with Crippen molar-refractivity contribution in [2.24, 2.45) is 17.3 Å². The molecule has 0 aromatic carbocycles. The lowest BCUT2D eigenvalue weighted by molar-refractivity contribution is -0.210. The van der Waals surface area contributed by atoms with Gasteiger partial charge in [0, 0.05) is 13.1 Å². The molecule has 1 saturated heterocycles. The van der Waals surface area contributed by atoms with Crippen LogP contribution in [0.25, 0.3) is 0 Å². The third kappa shape index (κ3) is 4.05. The lowest BCUT2D eigenvalue weighted by atomic mass is 9.85. The van der Waals surface area contributed by atoms with Gasteiger partial charge in [0.2, 0.25) is 0 Å². The van der Waals surface area contributed by atoms with Crippen molar-refractivity contribution in [2.75, 3.05) is 13.1 Å². The lowest BCUT2D eigenvalue weighted by Crippen LogP contribution is -2.44. The molecule has 0 spiro atoms. The zero-order valence-electron chi connectivity index (χ0n) is 11.5. The standard InChI is InChI=1S/C13H22BrNO3/c1-9-7-15(18-12(17)13(2,3)4)6-5-10(9)11(14)8-16/h8-11H,5-7H2,1-4H3. The van der Waals surface area contributed by atoms with Gasteiger partial charge in [-0.25, -0.2) is 4.79 Å². The van der Waals surface area contributed by atoms with E-state index in [1.165, 1.54) is 0 Å². The van der Waals surface area contributed by atoms with Crippen LogP contribution in [0.4, 0.5) is 0 Å². The van der Waals surface area contributed by atoms with Crippen LogP contribution in [0.3, 0.4) is 0 Å². The average Bonchev–Trinajstić information content (AvgIpc) is 2.27. The van der Waals surface area contributed by atoms with Gasteiger partial charge in [0.1, 0.15) is 6.29 Å². The second kappa shape index (κ2) is 6.15. The van der Waals surface area contributed by atoms with Gasteiger partial charge in [-0.1, -0.05) is 22.9 Å². The topological polar surface area (TPSA) is 46.6 Å². The first-order valence-corrected chi connectivity index (χ1v) is 7.24. The minimum atomic E-state index is -0.485. The molecule has 1 fully saturated rings. The fraction of sp³-hybridized carbons (Fsp3) is 0.846. The zero-order chi connectivity index (χ0) is 13.9. The highest BCUT2D eigenvalue weighted by Crippen LogP contribution is 2.30. The number of piperidine rings is 1. The Morgan fingerprint density at radius 2 is 2.11 bits per heavy atom. The highest BCUT2D eigenvalue weighted by Gasteiger charge is 2.34. The fourth-order valence-corrected chi connectivity index (χ4v) is 2.82. The fourth-order valence-electron chi connectivity index (χ4n) is 2.04. The first-order chi connectivity index (χ1) is 8.25. The Balaban J connectivity index is 2.51. The summed E-state index contributed by atoms with van der Waals surface area (Å²) in [6, 6.07) is 0. The Labute approximate surface area is 117 Å². The summed E-state index contributed by atoms with van der Waals surface area (Å²) in [5.41, 5.74) is -0.485. The molecule has 0 saturated carbocycles. The average molecular weight is 320 g/mol. The smallest absolute Gasteiger partial charge is 0.330 e. The molecule has 0 aromatic heterocycles. The van der Waals surface area contributed by atoms with E-state index in [1.54, 1.807) is 5.06 Å². The Bertz CT molecular complexity index is 314. The van der Waals surface area contributed by atoms with Gasteiger partial charge in [-0.3, -0.25) is 0 Å². The van der Waals surface area contributed by atoms with Crippen molar-refractivity contribution < 1.29 is 14.4 Å². The minimum absolute atomic E-state index is 0.104. The molecule has 0 N–H and O–H groups in total. The summed E-state index contributed by atoms with van der Waals surface area (Å²) in [7, 11) is 0. The Morgan fingerprint density at radius 3 is 2.56 bits per heavy atom. The number of halogens is 1. The van der Waals surface area contributed by atoms with Crippen molar-refractivity contribution in [3.8, 4) is 0 Å². The maximum Gasteiger partial charge on any atom is 0.330 e. The molecule has 1 aliphatic heterocycles. The van der Waals surface area contributed by atoms with Gasteiger partial charge < -0.3 is 9.63 Å². The van der Waals surface area contributed by atoms with E-state index in [0.717, 1.165) is 12.7 Å². The number of carbonyl (C=O) groups is 2. The molecule has 0 radical (unpaired) electrons. The second-order valence-corrected chi connectivity index (χ2v) is 7.08. The van der Waals surface area contributed by atoms with E-state index < -0.39 is 5.41 Å². The third-order valence-electron chi connectivity index (χ3n) is 3.30. The maximum absolute atomic E-state index is 11.8. The van der Waals surface area contributed by atoms with Crippen LogP contribution in [-0.2, 0) is 14.4 Å². The highest BCUT2D eigenvalue weighted by atomic mass is 79.9. The minimum Gasteiger partial charge on any atom is -0.367 e. The molecular formula is C13H22BrNO3. The van der Waals surface area contributed by atoms with Gasteiger partial charge in [0.05, 0.1) is 10.2 Å². The molecule has 1 heterocycles. The lowest BCUT2D eigenvalue weighted by Gasteiger charge is -2.37. The number of rotatable bonds is 3. The van der Waals surface area contributed by atoms with Gasteiger partial charge in [0.15, 0.2) is 0 Å². The van der Waals surface area contributed by atoms with E-state index in [1.807, 2.05) is 20.8 Å². The summed E-state index contributed by atoms with van der Waals surface area (Å²) >= 11 is 3.39. The molecule has 0 bridgehead atoms. The van der Waals surface area contributed by atoms with Crippen LogP contribution < -0.4 is 0 Å². The molecule has 104 valence electrons. The van der Waals surface area contributed by atoms with Crippen molar-refractivity contribution in [3.05, 3.63) is 0 Å². The number of nitrogens with zero attached hydrogens (tertiary/aromatic N) is 1. The Hall–Kier alpha value is -0.420. The molecule has 4 nitrogen and oxygen atoms in total. The van der Waals surface area contributed by atoms with Crippen molar-refractivity contribution in [1.82, 2.24) is 5.06 Å². The molecule has 1 aliphatic rings. The maximum atomic E-state index is 11.8. The number of carbonyl (C=O) groups excluding carboxylic acids is 2. The number of hydroxylamine groups is 2. The molecular weight excluding hydrogens is 298 g/mol. The highest BCUT2D eigenvalue weighted by molar-refractivity contribution is 9.10. The van der Waals surface area contributed by atoms with Gasteiger partial charge in [-0.2, -0.15) is 0 Å². The van der Waals surface area contributed by atoms with Gasteiger partial charge >= 0.3 is 5.97 Å². The quantitative estimate of drug-likeness (QED) is 0.592. The van der Waals surface area contributed by atoms with E-state index in [4.69, 9.17) is 4.84 Å². The summed E-state index contributed by atoms with van der Waals surface area (Å²) in [6.07, 6.45) is 1.80. The Morgan fingerprint density at radius 1 is 1.50 bits per heavy atom. The summed E-state index contributed by atoms with van der Waals surface area (Å²) < 4.78 is 0. The third-order valence-corrected chi connectivity index (χ3v) is 4.19. The van der Waals surface area contributed by atoms with Crippen molar-refractivity contribution in [1.29, 1.82) is 0 Å². The number of hydrogen-bond donors (Lipinski definition) is 0. The van der Waals surface area contributed by atoms with Gasteiger partial charge in [0.25, 0.3) is 0 Å². The molecule has 0 aromatic rings. The van der Waals surface area contributed by atoms with Crippen LogP contribution in [0.15, 0.2) is 0 Å². The summed E-state index contributed by atoms with van der Waals surface area (Å²) in [6.45, 7) is 8.97. The number of alkyl halides is 1. The van der Waals surface area contributed by atoms with Crippen LogP contribution in [0.5, 0.6) is 0 Å². The molecule has 0 amide bonds. The second-order valence-electron chi connectivity index (χ2n) is 6.03. The van der Waals surface area contributed by atoms with E-state index in [9.17, 15) is 9.59 Å². The number of aldehydes is 1.